The lowest BCUT2D eigenvalue weighted by Crippen LogP contribution is -2.04. The quantitative estimate of drug-likeness (QED) is 0.519. The zero-order valence-electron chi connectivity index (χ0n) is 7.64. The van der Waals surface area contributed by atoms with Crippen molar-refractivity contribution in [2.75, 3.05) is 7.11 Å². The van der Waals surface area contributed by atoms with E-state index in [4.69, 9.17) is 0 Å². The van der Waals surface area contributed by atoms with Crippen LogP contribution in [0.5, 0.6) is 0 Å². The number of hydrogen-bond acceptors (Lipinski definition) is 3. The number of amides is 1. The number of aliphatic imine (C=N–C) groups is 1. The molecule has 72 valence electrons. The summed E-state index contributed by atoms with van der Waals surface area (Å²) in [5.74, 6) is -1.11. The average Bonchev–Trinajstić information content (AvgIpc) is 2.26. The van der Waals surface area contributed by atoms with Gasteiger partial charge in [0.25, 0.3) is 5.91 Å². The molecule has 0 heterocycles. The molecule has 0 aliphatic carbocycles. The van der Waals surface area contributed by atoms with Gasteiger partial charge in [-0.25, -0.2) is 9.79 Å². The maximum Gasteiger partial charge on any atom is 0.349 e. The summed E-state index contributed by atoms with van der Waals surface area (Å²) in [6.07, 6.45) is 0.856. The number of hydrogen-bond donors (Lipinski definition) is 0. The van der Waals surface area contributed by atoms with Crippen LogP contribution in [0.3, 0.4) is 0 Å². The Labute approximate surface area is 81.2 Å². The minimum Gasteiger partial charge on any atom is -0.465 e. The first-order chi connectivity index (χ1) is 6.74. The van der Waals surface area contributed by atoms with Crippen LogP contribution in [0, 0.1) is 0 Å². The first-order valence-corrected chi connectivity index (χ1v) is 3.95. The van der Waals surface area contributed by atoms with Crippen LogP contribution in [0.4, 0.5) is 0 Å². The third-order valence-electron chi connectivity index (χ3n) is 1.51. The van der Waals surface area contributed by atoms with E-state index in [0.717, 1.165) is 6.21 Å². The summed E-state index contributed by atoms with van der Waals surface area (Å²) < 4.78 is 4.30. The van der Waals surface area contributed by atoms with Crippen molar-refractivity contribution in [1.82, 2.24) is 0 Å². The summed E-state index contributed by atoms with van der Waals surface area (Å²) in [7, 11) is 1.22. The van der Waals surface area contributed by atoms with Crippen LogP contribution in [0.2, 0.25) is 0 Å². The molecule has 0 N–H and O–H groups in total. The van der Waals surface area contributed by atoms with Crippen molar-refractivity contribution >= 4 is 18.1 Å². The first kappa shape index (κ1) is 10.1. The second-order valence-corrected chi connectivity index (χ2v) is 2.45. The monoisotopic (exact) mass is 191 g/mol. The van der Waals surface area contributed by atoms with E-state index in [-0.39, 0.29) is 0 Å². The largest absolute Gasteiger partial charge is 0.465 e. The van der Waals surface area contributed by atoms with Crippen molar-refractivity contribution in [2.24, 2.45) is 4.99 Å². The number of benzene rings is 1. The molecular weight excluding hydrogens is 182 g/mol. The summed E-state index contributed by atoms with van der Waals surface area (Å²) in [5.41, 5.74) is 0.438. The van der Waals surface area contributed by atoms with Gasteiger partial charge in [0.15, 0.2) is 0 Å². The zero-order valence-corrected chi connectivity index (χ0v) is 7.64. The highest BCUT2D eigenvalue weighted by molar-refractivity contribution is 6.26. The molecule has 4 nitrogen and oxygen atoms in total. The normalized spacial score (nSPS) is 10.1. The molecule has 0 aromatic heterocycles. The van der Waals surface area contributed by atoms with Gasteiger partial charge in [0.1, 0.15) is 6.21 Å². The van der Waals surface area contributed by atoms with E-state index >= 15 is 0 Å². The van der Waals surface area contributed by atoms with Gasteiger partial charge in [0.05, 0.1) is 7.11 Å². The minimum atomic E-state index is -0.644. The van der Waals surface area contributed by atoms with Gasteiger partial charge in [0.2, 0.25) is 0 Å². The third kappa shape index (κ3) is 2.82. The summed E-state index contributed by atoms with van der Waals surface area (Å²) in [6, 6.07) is 8.48. The number of esters is 1. The van der Waals surface area contributed by atoms with Crippen LogP contribution in [-0.2, 0) is 9.53 Å². The van der Waals surface area contributed by atoms with E-state index in [1.807, 2.05) is 0 Å². The Kier molecular flexibility index (Phi) is 3.55. The summed E-state index contributed by atoms with van der Waals surface area (Å²) >= 11 is 0. The minimum absolute atomic E-state index is 0.438. The molecule has 1 amide bonds. The molecular formula is C10H9NO3. The molecule has 14 heavy (non-hydrogen) atoms. The van der Waals surface area contributed by atoms with Crippen molar-refractivity contribution < 1.29 is 14.3 Å². The Morgan fingerprint density at radius 2 is 1.93 bits per heavy atom. The van der Waals surface area contributed by atoms with Crippen molar-refractivity contribution in [3.63, 3.8) is 0 Å². The van der Waals surface area contributed by atoms with Gasteiger partial charge in [-0.05, 0) is 12.1 Å². The highest BCUT2D eigenvalue weighted by Gasteiger charge is 2.02. The highest BCUT2D eigenvalue weighted by Crippen LogP contribution is 1.99. The molecule has 1 rings (SSSR count). The van der Waals surface area contributed by atoms with Gasteiger partial charge < -0.3 is 4.74 Å². The summed E-state index contributed by atoms with van der Waals surface area (Å²) in [4.78, 5) is 25.3. The molecule has 0 aliphatic heterocycles. The second-order valence-electron chi connectivity index (χ2n) is 2.45. The highest BCUT2D eigenvalue weighted by atomic mass is 16.5. The van der Waals surface area contributed by atoms with Crippen molar-refractivity contribution in [3.8, 4) is 0 Å². The number of nitrogens with zero attached hydrogens (tertiary/aromatic N) is 1. The molecule has 0 radical (unpaired) electrons. The molecule has 1 aromatic carbocycles. The van der Waals surface area contributed by atoms with Crippen LogP contribution < -0.4 is 0 Å². The van der Waals surface area contributed by atoms with Gasteiger partial charge in [0, 0.05) is 5.56 Å². The lowest BCUT2D eigenvalue weighted by Gasteiger charge is -1.92. The van der Waals surface area contributed by atoms with Gasteiger partial charge in [-0.15, -0.1) is 0 Å². The number of carbonyl (C=O) groups is 2. The lowest BCUT2D eigenvalue weighted by molar-refractivity contribution is -0.132. The van der Waals surface area contributed by atoms with Crippen LogP contribution >= 0.6 is 0 Å². The predicted molar refractivity (Wildman–Crippen MR) is 51.3 cm³/mol. The summed E-state index contributed by atoms with van der Waals surface area (Å²) in [5, 5.41) is 0. The van der Waals surface area contributed by atoms with Crippen LogP contribution in [0.25, 0.3) is 0 Å². The fraction of sp³-hybridized carbons (Fsp3) is 0.100. The van der Waals surface area contributed by atoms with Crippen molar-refractivity contribution in [3.05, 3.63) is 35.9 Å². The van der Waals surface area contributed by atoms with E-state index in [2.05, 4.69) is 9.73 Å². The first-order valence-electron chi connectivity index (χ1n) is 3.95. The van der Waals surface area contributed by atoms with Crippen LogP contribution in [0.15, 0.2) is 35.3 Å². The molecule has 0 fully saturated rings. The van der Waals surface area contributed by atoms with E-state index in [1.54, 1.807) is 30.3 Å². The van der Waals surface area contributed by atoms with Gasteiger partial charge in [-0.2, -0.15) is 0 Å². The standard InChI is InChI=1S/C10H9NO3/c1-14-9(12)7-11-10(13)8-5-3-2-4-6-8/h2-7H,1H3/b11-7-. The maximum absolute atomic E-state index is 11.3. The molecule has 0 saturated heterocycles. The Morgan fingerprint density at radius 1 is 1.29 bits per heavy atom. The topological polar surface area (TPSA) is 55.7 Å². The summed E-state index contributed by atoms with van der Waals surface area (Å²) in [6.45, 7) is 0. The molecule has 0 aliphatic rings. The predicted octanol–water partition coefficient (Wildman–Crippen LogP) is 1.07. The van der Waals surface area contributed by atoms with Crippen molar-refractivity contribution in [2.45, 2.75) is 0 Å². The van der Waals surface area contributed by atoms with Gasteiger partial charge >= 0.3 is 5.97 Å². The maximum atomic E-state index is 11.3. The molecule has 0 bridgehead atoms. The second kappa shape index (κ2) is 4.91. The number of methoxy groups -OCH3 is 1. The fourth-order valence-corrected chi connectivity index (χ4v) is 0.819. The molecule has 4 heteroatoms. The van der Waals surface area contributed by atoms with E-state index in [1.165, 1.54) is 7.11 Å². The molecule has 1 aromatic rings. The van der Waals surface area contributed by atoms with Gasteiger partial charge in [-0.3, -0.25) is 4.79 Å². The van der Waals surface area contributed by atoms with Gasteiger partial charge in [-0.1, -0.05) is 18.2 Å². The zero-order chi connectivity index (χ0) is 10.4. The Bertz CT molecular complexity index is 357. The molecule has 0 atom stereocenters. The van der Waals surface area contributed by atoms with Crippen molar-refractivity contribution in [1.29, 1.82) is 0 Å². The number of ether oxygens (including phenoxy) is 1. The van der Waals surface area contributed by atoms with Crippen LogP contribution in [0.1, 0.15) is 10.4 Å². The number of rotatable bonds is 2. The van der Waals surface area contributed by atoms with E-state index in [9.17, 15) is 9.59 Å². The Morgan fingerprint density at radius 3 is 2.50 bits per heavy atom. The third-order valence-corrected chi connectivity index (χ3v) is 1.51. The average molecular weight is 191 g/mol. The molecule has 0 spiro atoms. The smallest absolute Gasteiger partial charge is 0.349 e. The lowest BCUT2D eigenvalue weighted by atomic mass is 10.2. The Hall–Kier alpha value is -1.97. The van der Waals surface area contributed by atoms with E-state index in [0.29, 0.717) is 5.56 Å². The molecule has 0 saturated carbocycles. The SMILES string of the molecule is COC(=O)/C=N\C(=O)c1ccccc1. The molecule has 0 unspecified atom stereocenters. The van der Waals surface area contributed by atoms with E-state index < -0.39 is 11.9 Å². The fourth-order valence-electron chi connectivity index (χ4n) is 0.819. The van der Waals surface area contributed by atoms with Crippen LogP contribution in [-0.4, -0.2) is 25.2 Å². The number of carbonyl (C=O) groups excluding carboxylic acids is 2. The Balaban J connectivity index is 2.69.